The fourth-order valence-corrected chi connectivity index (χ4v) is 3.54. The summed E-state index contributed by atoms with van der Waals surface area (Å²) in [6.45, 7) is 3.55. The number of aromatic nitrogens is 1. The lowest BCUT2D eigenvalue weighted by Crippen LogP contribution is -2.39. The smallest absolute Gasteiger partial charge is 0.231 e. The lowest BCUT2D eigenvalue weighted by atomic mass is 10.1. The third kappa shape index (κ3) is 3.55. The van der Waals surface area contributed by atoms with Gasteiger partial charge in [-0.3, -0.25) is 4.79 Å². The van der Waals surface area contributed by atoms with Gasteiger partial charge < -0.3 is 29.7 Å². The van der Waals surface area contributed by atoms with Crippen LogP contribution in [-0.2, 0) is 9.53 Å². The van der Waals surface area contributed by atoms with E-state index in [9.17, 15) is 4.79 Å². The molecular formula is C20H24N4O4. The van der Waals surface area contributed by atoms with Crippen LogP contribution in [0.4, 0.5) is 22.9 Å². The maximum Gasteiger partial charge on any atom is 0.231 e. The SMILES string of the molecule is CNc1cnc(Nc2cc3c(cc2C)OCO3)cc1N(C=O)C1CCOCC1. The topological polar surface area (TPSA) is 85.0 Å². The number of anilines is 4. The van der Waals surface area contributed by atoms with E-state index in [2.05, 4.69) is 15.6 Å². The second-order valence-corrected chi connectivity index (χ2v) is 6.84. The molecule has 0 atom stereocenters. The first kappa shape index (κ1) is 18.4. The first-order valence-corrected chi connectivity index (χ1v) is 9.36. The molecule has 28 heavy (non-hydrogen) atoms. The number of rotatable bonds is 6. The van der Waals surface area contributed by atoms with Crippen LogP contribution in [0.5, 0.6) is 11.5 Å². The molecule has 8 nitrogen and oxygen atoms in total. The number of pyridine rings is 1. The molecule has 1 fully saturated rings. The highest BCUT2D eigenvalue weighted by molar-refractivity contribution is 5.86. The molecule has 3 heterocycles. The zero-order valence-electron chi connectivity index (χ0n) is 16.0. The lowest BCUT2D eigenvalue weighted by molar-refractivity contribution is -0.108. The van der Waals surface area contributed by atoms with Gasteiger partial charge >= 0.3 is 0 Å². The van der Waals surface area contributed by atoms with Crippen molar-refractivity contribution in [2.75, 3.05) is 42.6 Å². The number of amides is 1. The molecule has 0 saturated carbocycles. The predicted octanol–water partition coefficient (Wildman–Crippen LogP) is 3.05. The summed E-state index contributed by atoms with van der Waals surface area (Å²) in [4.78, 5) is 18.2. The van der Waals surface area contributed by atoms with Gasteiger partial charge in [0.1, 0.15) is 5.82 Å². The van der Waals surface area contributed by atoms with Gasteiger partial charge in [0.2, 0.25) is 13.2 Å². The highest BCUT2D eigenvalue weighted by Gasteiger charge is 2.24. The molecule has 148 valence electrons. The molecule has 0 radical (unpaired) electrons. The Morgan fingerprint density at radius 1 is 1.14 bits per heavy atom. The average molecular weight is 384 g/mol. The van der Waals surface area contributed by atoms with Crippen molar-refractivity contribution in [2.24, 2.45) is 0 Å². The van der Waals surface area contributed by atoms with Gasteiger partial charge in [-0.2, -0.15) is 0 Å². The molecule has 0 spiro atoms. The maximum atomic E-state index is 11.9. The molecule has 1 aromatic carbocycles. The number of ether oxygens (including phenoxy) is 3. The molecule has 1 saturated heterocycles. The van der Waals surface area contributed by atoms with E-state index in [1.807, 2.05) is 32.2 Å². The van der Waals surface area contributed by atoms with Gasteiger partial charge in [0.05, 0.1) is 17.6 Å². The number of aryl methyl sites for hydroxylation is 1. The molecule has 4 rings (SSSR count). The summed E-state index contributed by atoms with van der Waals surface area (Å²) < 4.78 is 16.3. The Morgan fingerprint density at radius 2 is 1.89 bits per heavy atom. The number of nitrogens with zero attached hydrogens (tertiary/aromatic N) is 2. The first-order valence-electron chi connectivity index (χ1n) is 9.36. The number of carbonyl (C=O) groups excluding carboxylic acids is 1. The van der Waals surface area contributed by atoms with Crippen molar-refractivity contribution in [1.82, 2.24) is 4.98 Å². The zero-order valence-corrected chi connectivity index (χ0v) is 16.0. The second kappa shape index (κ2) is 7.93. The largest absolute Gasteiger partial charge is 0.454 e. The van der Waals surface area contributed by atoms with Crippen molar-refractivity contribution < 1.29 is 19.0 Å². The minimum atomic E-state index is 0.112. The molecule has 2 aromatic rings. The Balaban J connectivity index is 1.64. The first-order chi connectivity index (χ1) is 13.7. The number of hydrogen-bond donors (Lipinski definition) is 2. The Bertz CT molecular complexity index is 868. The Hall–Kier alpha value is -3.00. The van der Waals surface area contributed by atoms with E-state index in [4.69, 9.17) is 14.2 Å². The summed E-state index contributed by atoms with van der Waals surface area (Å²) >= 11 is 0. The van der Waals surface area contributed by atoms with E-state index in [-0.39, 0.29) is 12.8 Å². The van der Waals surface area contributed by atoms with Crippen LogP contribution in [0.3, 0.4) is 0 Å². The van der Waals surface area contributed by atoms with E-state index < -0.39 is 0 Å². The fraction of sp³-hybridized carbons (Fsp3) is 0.400. The molecule has 1 amide bonds. The minimum Gasteiger partial charge on any atom is -0.454 e. The summed E-state index contributed by atoms with van der Waals surface area (Å²) in [6.07, 6.45) is 4.25. The predicted molar refractivity (Wildman–Crippen MR) is 107 cm³/mol. The van der Waals surface area contributed by atoms with Crippen molar-refractivity contribution in [3.63, 3.8) is 0 Å². The quantitative estimate of drug-likeness (QED) is 0.741. The van der Waals surface area contributed by atoms with Crippen molar-refractivity contribution >= 4 is 29.3 Å². The highest BCUT2D eigenvalue weighted by Crippen LogP contribution is 2.38. The van der Waals surface area contributed by atoms with Crippen LogP contribution in [0.15, 0.2) is 24.4 Å². The summed E-state index contributed by atoms with van der Waals surface area (Å²) in [5, 5.41) is 6.46. The van der Waals surface area contributed by atoms with Gasteiger partial charge in [0, 0.05) is 44.1 Å². The van der Waals surface area contributed by atoms with Crippen LogP contribution in [0, 0.1) is 6.92 Å². The summed E-state index contributed by atoms with van der Waals surface area (Å²) in [7, 11) is 1.82. The van der Waals surface area contributed by atoms with Crippen molar-refractivity contribution in [3.05, 3.63) is 30.0 Å². The van der Waals surface area contributed by atoms with Gasteiger partial charge in [-0.15, -0.1) is 0 Å². The molecule has 0 unspecified atom stereocenters. The zero-order chi connectivity index (χ0) is 19.5. The Kier molecular flexibility index (Phi) is 5.21. The van der Waals surface area contributed by atoms with Crippen LogP contribution >= 0.6 is 0 Å². The standard InChI is InChI=1S/C20H24N4O4/c1-13-7-18-19(28-12-27-18)8-15(13)23-20-9-17(16(21-2)10-22-20)24(11-25)14-3-5-26-6-4-14/h7-11,14,21H,3-6,12H2,1-2H3,(H,22,23). The van der Waals surface area contributed by atoms with Crippen LogP contribution in [-0.4, -0.2) is 44.5 Å². The van der Waals surface area contributed by atoms with Gasteiger partial charge in [-0.05, 0) is 31.4 Å². The molecule has 8 heteroatoms. The summed E-state index contributed by atoms with van der Waals surface area (Å²) in [6, 6.07) is 5.84. The van der Waals surface area contributed by atoms with E-state index in [0.29, 0.717) is 24.8 Å². The molecule has 2 aliphatic heterocycles. The van der Waals surface area contributed by atoms with Crippen molar-refractivity contribution in [1.29, 1.82) is 0 Å². The van der Waals surface area contributed by atoms with Gasteiger partial charge in [-0.1, -0.05) is 0 Å². The van der Waals surface area contributed by atoms with E-state index in [1.165, 1.54) is 0 Å². The fourth-order valence-electron chi connectivity index (χ4n) is 3.54. The summed E-state index contributed by atoms with van der Waals surface area (Å²) in [5.41, 5.74) is 3.48. The average Bonchev–Trinajstić information content (AvgIpc) is 3.17. The van der Waals surface area contributed by atoms with Crippen LogP contribution in [0.25, 0.3) is 0 Å². The van der Waals surface area contributed by atoms with Gasteiger partial charge in [0.25, 0.3) is 0 Å². The van der Waals surface area contributed by atoms with E-state index in [1.54, 1.807) is 11.1 Å². The molecule has 2 aliphatic rings. The number of carbonyl (C=O) groups is 1. The van der Waals surface area contributed by atoms with Crippen molar-refractivity contribution in [2.45, 2.75) is 25.8 Å². The van der Waals surface area contributed by atoms with Gasteiger partial charge in [-0.25, -0.2) is 4.98 Å². The molecule has 2 N–H and O–H groups in total. The molecule has 0 bridgehead atoms. The minimum absolute atomic E-state index is 0.112. The highest BCUT2D eigenvalue weighted by atomic mass is 16.7. The maximum absolute atomic E-state index is 11.9. The third-order valence-corrected chi connectivity index (χ3v) is 5.11. The van der Waals surface area contributed by atoms with Crippen LogP contribution < -0.4 is 25.0 Å². The number of benzene rings is 1. The monoisotopic (exact) mass is 384 g/mol. The summed E-state index contributed by atoms with van der Waals surface area (Å²) in [5.74, 6) is 2.10. The number of fused-ring (bicyclic) bond motifs is 1. The molecule has 0 aliphatic carbocycles. The normalized spacial score (nSPS) is 15.9. The number of nitrogens with one attached hydrogen (secondary N) is 2. The molecule has 1 aromatic heterocycles. The van der Waals surface area contributed by atoms with Gasteiger partial charge in [0.15, 0.2) is 11.5 Å². The van der Waals surface area contributed by atoms with E-state index >= 15 is 0 Å². The van der Waals surface area contributed by atoms with Crippen molar-refractivity contribution in [3.8, 4) is 11.5 Å². The van der Waals surface area contributed by atoms with E-state index in [0.717, 1.165) is 47.6 Å². The second-order valence-electron chi connectivity index (χ2n) is 6.84. The Labute approximate surface area is 163 Å². The molecular weight excluding hydrogens is 360 g/mol. The van der Waals surface area contributed by atoms with Crippen LogP contribution in [0.1, 0.15) is 18.4 Å². The van der Waals surface area contributed by atoms with Crippen LogP contribution in [0.2, 0.25) is 0 Å². The third-order valence-electron chi connectivity index (χ3n) is 5.11. The number of hydrogen-bond acceptors (Lipinski definition) is 7. The lowest BCUT2D eigenvalue weighted by Gasteiger charge is -2.32. The Morgan fingerprint density at radius 3 is 2.61 bits per heavy atom.